The van der Waals surface area contributed by atoms with E-state index in [1.807, 2.05) is 24.3 Å². The fourth-order valence-corrected chi connectivity index (χ4v) is 4.74. The van der Waals surface area contributed by atoms with Crippen molar-refractivity contribution in [1.29, 1.82) is 0 Å². The molecule has 0 bridgehead atoms. The predicted octanol–water partition coefficient (Wildman–Crippen LogP) is 2.40. The third-order valence-electron chi connectivity index (χ3n) is 6.64. The smallest absolute Gasteiger partial charge is 0.318 e. The molecular weight excluding hydrogens is 528 g/mol. The molecule has 1 saturated heterocycles. The number of ether oxygens (including phenoxy) is 4. The number of carboxylic acid groups (broad SMARTS) is 2. The largest absolute Gasteiger partial charge is 0.497 e. The van der Waals surface area contributed by atoms with Crippen LogP contribution < -0.4 is 9.47 Å². The van der Waals surface area contributed by atoms with Crippen molar-refractivity contribution in [3.05, 3.63) is 59.7 Å². The van der Waals surface area contributed by atoms with E-state index in [1.54, 1.807) is 31.4 Å². The molecule has 6 atom stereocenters. The van der Waals surface area contributed by atoms with Crippen molar-refractivity contribution in [1.82, 2.24) is 0 Å². The standard InChI is InChI=1S/C12H12O5.C12H10O4.C4H6O3/c1-17-7-4-2-6(3-5-7)8-9(11(13)14)10(8)12(15)16;1-15-7-4-2-6(3-5-7)8-9-10(8)12(14)16-11(9)13;1-3(5)7-4(2)6/h2-5,8-10H,1H3,(H,13,14)(H,15,16);2-5,8-10H,1H3;1-2H3/t2*8?,9-,10+;. The lowest BCUT2D eigenvalue weighted by Crippen LogP contribution is -2.09. The Morgan fingerprint density at radius 1 is 0.625 bits per heavy atom. The van der Waals surface area contributed by atoms with Crippen molar-refractivity contribution < 1.29 is 57.9 Å². The molecule has 3 fully saturated rings. The topological polar surface area (TPSA) is 180 Å². The van der Waals surface area contributed by atoms with Crippen molar-refractivity contribution in [2.24, 2.45) is 23.7 Å². The van der Waals surface area contributed by atoms with Crippen molar-refractivity contribution in [2.75, 3.05) is 14.2 Å². The Balaban J connectivity index is 0.000000180. The molecule has 2 aromatic rings. The molecule has 2 aliphatic carbocycles. The van der Waals surface area contributed by atoms with Crippen LogP contribution in [0.25, 0.3) is 0 Å². The Bertz CT molecular complexity index is 1250. The van der Waals surface area contributed by atoms with Crippen molar-refractivity contribution in [3.63, 3.8) is 0 Å². The minimum absolute atomic E-state index is 0.0136. The van der Waals surface area contributed by atoms with Crippen LogP contribution in [0, 0.1) is 23.7 Å². The van der Waals surface area contributed by atoms with Crippen LogP contribution in [0.5, 0.6) is 11.5 Å². The lowest BCUT2D eigenvalue weighted by molar-refractivity contribution is -0.157. The fourth-order valence-electron chi connectivity index (χ4n) is 4.74. The van der Waals surface area contributed by atoms with Gasteiger partial charge in [-0.1, -0.05) is 24.3 Å². The second-order valence-electron chi connectivity index (χ2n) is 9.20. The number of fused-ring (bicyclic) bond motifs is 1. The number of carbonyl (C=O) groups is 6. The zero-order chi connectivity index (χ0) is 29.7. The maximum atomic E-state index is 11.3. The van der Waals surface area contributed by atoms with Crippen molar-refractivity contribution in [2.45, 2.75) is 25.7 Å². The number of carboxylic acids is 2. The van der Waals surface area contributed by atoms with Gasteiger partial charge in [0.2, 0.25) is 0 Å². The number of aliphatic carboxylic acids is 2. The first-order valence-electron chi connectivity index (χ1n) is 12.1. The number of hydrogen-bond donors (Lipinski definition) is 2. The number of benzene rings is 2. The van der Waals surface area contributed by atoms with Crippen LogP contribution in [0.15, 0.2) is 48.5 Å². The summed E-state index contributed by atoms with van der Waals surface area (Å²) in [7, 11) is 3.13. The number of carbonyl (C=O) groups excluding carboxylic acids is 4. The summed E-state index contributed by atoms with van der Waals surface area (Å²) in [6.07, 6.45) is 0. The number of rotatable bonds is 6. The van der Waals surface area contributed by atoms with E-state index >= 15 is 0 Å². The molecule has 12 nitrogen and oxygen atoms in total. The molecule has 212 valence electrons. The van der Waals surface area contributed by atoms with Gasteiger partial charge in [0.1, 0.15) is 11.5 Å². The third-order valence-corrected chi connectivity index (χ3v) is 6.64. The summed E-state index contributed by atoms with van der Waals surface area (Å²) in [6, 6.07) is 14.3. The summed E-state index contributed by atoms with van der Waals surface area (Å²) in [5.74, 6) is -5.13. The molecule has 1 heterocycles. The van der Waals surface area contributed by atoms with Gasteiger partial charge in [0.05, 0.1) is 37.9 Å². The minimum Gasteiger partial charge on any atom is -0.497 e. The number of hydrogen-bond acceptors (Lipinski definition) is 10. The SMILES string of the molecule is CC(=O)OC(C)=O.COc1ccc(C2[C@@H](C(=O)O)[C@H]2C(=O)O)cc1.COc1ccc(C2[C@H]3C(=O)OC(=O)[C@@H]23)cc1. The molecule has 2 unspecified atom stereocenters. The average molecular weight is 557 g/mol. The highest BCUT2D eigenvalue weighted by Crippen LogP contribution is 2.58. The van der Waals surface area contributed by atoms with Gasteiger partial charge >= 0.3 is 35.8 Å². The Morgan fingerprint density at radius 3 is 1.25 bits per heavy atom. The van der Waals surface area contributed by atoms with E-state index in [1.165, 1.54) is 21.0 Å². The highest BCUT2D eigenvalue weighted by molar-refractivity contribution is 6.03. The molecule has 2 aromatic carbocycles. The molecule has 0 aromatic heterocycles. The molecule has 2 saturated carbocycles. The van der Waals surface area contributed by atoms with Gasteiger partial charge in [-0.25, -0.2) is 0 Å². The fraction of sp³-hybridized carbons (Fsp3) is 0.357. The van der Waals surface area contributed by atoms with E-state index in [9.17, 15) is 28.8 Å². The number of esters is 4. The second kappa shape index (κ2) is 12.4. The van der Waals surface area contributed by atoms with E-state index in [0.29, 0.717) is 5.75 Å². The molecule has 40 heavy (non-hydrogen) atoms. The summed E-state index contributed by atoms with van der Waals surface area (Å²) in [6.45, 7) is 2.36. The molecule has 3 aliphatic rings. The zero-order valence-electron chi connectivity index (χ0n) is 22.1. The van der Waals surface area contributed by atoms with Gasteiger partial charge in [-0.05, 0) is 35.4 Å². The van der Waals surface area contributed by atoms with Crippen LogP contribution in [0.3, 0.4) is 0 Å². The molecule has 5 rings (SSSR count). The Labute approximate surface area is 228 Å². The Kier molecular flexibility index (Phi) is 9.25. The molecule has 2 N–H and O–H groups in total. The first-order valence-corrected chi connectivity index (χ1v) is 12.1. The van der Waals surface area contributed by atoms with Crippen LogP contribution in [0.1, 0.15) is 36.8 Å². The summed E-state index contributed by atoms with van der Waals surface area (Å²) in [5.41, 5.74) is 1.73. The molecule has 12 heteroatoms. The molecule has 0 spiro atoms. The number of cyclic esters (lactones) is 2. The van der Waals surface area contributed by atoms with E-state index < -0.39 is 41.6 Å². The van der Waals surface area contributed by atoms with Crippen LogP contribution in [-0.4, -0.2) is 60.2 Å². The molecule has 1 aliphatic heterocycles. The lowest BCUT2D eigenvalue weighted by atomic mass is 10.1. The van der Waals surface area contributed by atoms with E-state index in [4.69, 9.17) is 19.7 Å². The maximum Gasteiger partial charge on any atom is 0.318 e. The maximum absolute atomic E-state index is 11.3. The monoisotopic (exact) mass is 556 g/mol. The third kappa shape index (κ3) is 6.82. The summed E-state index contributed by atoms with van der Waals surface area (Å²) < 4.78 is 18.5. The average Bonchev–Trinajstić information content (AvgIpc) is 3.79. The first-order chi connectivity index (χ1) is 18.9. The molecule has 0 amide bonds. The summed E-state index contributed by atoms with van der Waals surface area (Å²) in [5, 5.41) is 17.8. The second-order valence-corrected chi connectivity index (χ2v) is 9.20. The van der Waals surface area contributed by atoms with E-state index in [0.717, 1.165) is 16.9 Å². The van der Waals surface area contributed by atoms with Crippen molar-refractivity contribution in [3.8, 4) is 11.5 Å². The van der Waals surface area contributed by atoms with Crippen LogP contribution in [0.4, 0.5) is 0 Å². The highest BCUT2D eigenvalue weighted by Gasteiger charge is 2.66. The highest BCUT2D eigenvalue weighted by atomic mass is 16.6. The Morgan fingerprint density at radius 2 is 0.975 bits per heavy atom. The van der Waals surface area contributed by atoms with Crippen LogP contribution in [-0.2, 0) is 38.2 Å². The Hall–Kier alpha value is -4.74. The quantitative estimate of drug-likeness (QED) is 0.392. The van der Waals surface area contributed by atoms with E-state index in [-0.39, 0.29) is 29.7 Å². The van der Waals surface area contributed by atoms with Crippen molar-refractivity contribution >= 4 is 35.8 Å². The van der Waals surface area contributed by atoms with Gasteiger partial charge in [-0.2, -0.15) is 0 Å². The summed E-state index contributed by atoms with van der Waals surface area (Å²) in [4.78, 5) is 63.9. The zero-order valence-corrected chi connectivity index (χ0v) is 22.1. The van der Waals surface area contributed by atoms with Gasteiger partial charge in [0.25, 0.3) is 0 Å². The van der Waals surface area contributed by atoms with Gasteiger partial charge in [0.15, 0.2) is 0 Å². The van der Waals surface area contributed by atoms with Gasteiger partial charge < -0.3 is 29.2 Å². The predicted molar refractivity (Wildman–Crippen MR) is 134 cm³/mol. The number of methoxy groups -OCH3 is 2. The minimum atomic E-state index is -1.06. The molecular formula is C28H28O12. The molecule has 0 radical (unpaired) electrons. The summed E-state index contributed by atoms with van der Waals surface area (Å²) >= 11 is 0. The lowest BCUT2D eigenvalue weighted by Gasteiger charge is -2.04. The first kappa shape index (κ1) is 29.8. The van der Waals surface area contributed by atoms with Gasteiger partial charge in [-0.3, -0.25) is 28.8 Å². The van der Waals surface area contributed by atoms with Gasteiger partial charge in [-0.15, -0.1) is 0 Å². The van der Waals surface area contributed by atoms with E-state index in [2.05, 4.69) is 9.47 Å². The normalized spacial score (nSPS) is 24.9. The van der Waals surface area contributed by atoms with Gasteiger partial charge in [0, 0.05) is 25.7 Å². The van der Waals surface area contributed by atoms with Crippen LogP contribution >= 0.6 is 0 Å². The van der Waals surface area contributed by atoms with Crippen LogP contribution in [0.2, 0.25) is 0 Å².